The Morgan fingerprint density at radius 2 is 1.01 bits per heavy atom. The summed E-state index contributed by atoms with van der Waals surface area (Å²) in [6, 6.07) is 21.8. The van der Waals surface area contributed by atoms with Crippen LogP contribution >= 0.6 is 0 Å². The standard InChI is InChI=1S/C36H45N5O7S.C28H31N3O6S/c1-36(2,3)48-35(44)37-26-20-40(21-26)34(43)25-16-24-17-27(47-6)13-15-28(24)32-31(22-10-8-7-9-11-22)29-14-12-23(18-30(29)41(32)19-25)33(42)38-49(45,46)39(4)5;1-30(2)38(35,36)29-27(32)18-9-11-23-24(15-18)31-16-20(28(33)34)13-19-14-21(37-3)10-12-22(19)26(31)25(23)17-7-5-4-6-8-17/h12-18,22,26H,7-11,19-21H2,1-6H3,(H,37,44)(H,38,42);9-15,17H,4-8,16H2,1-3H3,(H,29,32)(H,33,34). The first kappa shape index (κ1) is 62.1. The molecule has 2 saturated carbocycles. The van der Waals surface area contributed by atoms with E-state index in [0.717, 1.165) is 115 Å². The minimum Gasteiger partial charge on any atom is -0.497 e. The van der Waals surface area contributed by atoms with Gasteiger partial charge in [0.15, 0.2) is 0 Å². The molecule has 4 aromatic carbocycles. The van der Waals surface area contributed by atoms with Crippen LogP contribution in [0.1, 0.15) is 140 Å². The lowest BCUT2D eigenvalue weighted by Gasteiger charge is -2.40. The number of nitrogens with one attached hydrogen (secondary N) is 3. The molecular weight excluding hydrogens is 1150 g/mol. The Bertz CT molecular complexity index is 4040. The van der Waals surface area contributed by atoms with E-state index < -0.39 is 49.9 Å². The number of methoxy groups -OCH3 is 2. The fraction of sp³-hybridized carbons (Fsp3) is 0.422. The highest BCUT2D eigenvalue weighted by atomic mass is 32.2. The third kappa shape index (κ3) is 12.9. The van der Waals surface area contributed by atoms with Gasteiger partial charge in [0.1, 0.15) is 17.1 Å². The highest BCUT2D eigenvalue weighted by Crippen LogP contribution is 2.49. The van der Waals surface area contributed by atoms with E-state index in [1.165, 1.54) is 46.6 Å². The monoisotopic (exact) mass is 1230 g/mol. The van der Waals surface area contributed by atoms with Crippen molar-refractivity contribution in [3.8, 4) is 34.0 Å². The van der Waals surface area contributed by atoms with Crippen LogP contribution in [0, 0.1) is 0 Å². The Balaban J connectivity index is 0.000000199. The number of ether oxygens (including phenoxy) is 3. The summed E-state index contributed by atoms with van der Waals surface area (Å²) in [5.41, 5.74) is 9.68. The molecule has 3 fully saturated rings. The number of aliphatic carboxylic acids is 1. The number of carbonyl (C=O) groups is 5. The van der Waals surface area contributed by atoms with Crippen molar-refractivity contribution < 1.29 is 60.1 Å². The minimum absolute atomic E-state index is 0.103. The predicted molar refractivity (Wildman–Crippen MR) is 333 cm³/mol. The van der Waals surface area contributed by atoms with Crippen LogP contribution in [0.3, 0.4) is 0 Å². The molecule has 0 radical (unpaired) electrons. The topological polar surface area (TPSA) is 257 Å². The molecule has 5 heterocycles. The van der Waals surface area contributed by atoms with Crippen molar-refractivity contribution >= 4 is 84.2 Å². The molecule has 462 valence electrons. The molecule has 5 aliphatic rings. The molecule has 0 atom stereocenters. The normalized spacial score (nSPS) is 16.6. The molecule has 1 saturated heterocycles. The zero-order valence-electron chi connectivity index (χ0n) is 50.6. The summed E-state index contributed by atoms with van der Waals surface area (Å²) >= 11 is 0. The Hall–Kier alpha value is -7.99. The number of likely N-dealkylation sites (tertiary alicyclic amines) is 1. The summed E-state index contributed by atoms with van der Waals surface area (Å²) in [4.78, 5) is 66.7. The second kappa shape index (κ2) is 24.6. The van der Waals surface area contributed by atoms with Gasteiger partial charge in [-0.25, -0.2) is 19.0 Å². The van der Waals surface area contributed by atoms with Gasteiger partial charge in [0.2, 0.25) is 0 Å². The van der Waals surface area contributed by atoms with E-state index in [0.29, 0.717) is 35.7 Å². The maximum absolute atomic E-state index is 14.1. The number of rotatable bonds is 13. The fourth-order valence-corrected chi connectivity index (χ4v) is 13.6. The molecule has 0 unspecified atom stereocenters. The third-order valence-corrected chi connectivity index (χ3v) is 19.8. The number of benzene rings is 4. The van der Waals surface area contributed by atoms with E-state index in [9.17, 15) is 45.9 Å². The van der Waals surface area contributed by atoms with Crippen LogP contribution in [0.4, 0.5) is 4.79 Å². The van der Waals surface area contributed by atoms with Gasteiger partial charge in [-0.1, -0.05) is 50.7 Å². The van der Waals surface area contributed by atoms with Gasteiger partial charge in [-0.2, -0.15) is 25.4 Å². The third-order valence-electron chi connectivity index (χ3n) is 16.9. The molecule has 4 N–H and O–H groups in total. The van der Waals surface area contributed by atoms with Crippen molar-refractivity contribution in [2.75, 3.05) is 55.5 Å². The van der Waals surface area contributed by atoms with E-state index in [1.807, 2.05) is 59.2 Å². The lowest BCUT2D eigenvalue weighted by atomic mass is 9.81. The first-order valence-corrected chi connectivity index (χ1v) is 32.2. The second-order valence-electron chi connectivity index (χ2n) is 24.4. The second-order valence-corrected chi connectivity index (χ2v) is 28.1. The SMILES string of the molecule is COc1ccc2c(c1)C=C(C(=O)N1CC(NC(=O)OC(C)(C)C)C1)Cn1c-2c(C2CCCCC2)c2ccc(C(=O)NS(=O)(=O)N(C)C)cc21.COc1ccc2c(c1)C=C(C(=O)O)Cn1c-2c(C2CCCCC2)c2ccc(C(=O)NS(=O)(=O)N(C)C)cc21. The van der Waals surface area contributed by atoms with Gasteiger partial charge in [0.25, 0.3) is 17.7 Å². The van der Waals surface area contributed by atoms with Crippen molar-refractivity contribution in [1.29, 1.82) is 0 Å². The van der Waals surface area contributed by atoms with Crippen LogP contribution in [0.2, 0.25) is 0 Å². The van der Waals surface area contributed by atoms with Crippen LogP contribution in [0.15, 0.2) is 83.9 Å². The average Bonchev–Trinajstić information content (AvgIpc) is 1.74. The molecule has 11 rings (SSSR count). The van der Waals surface area contributed by atoms with Crippen LogP contribution in [0.5, 0.6) is 11.5 Å². The smallest absolute Gasteiger partial charge is 0.407 e. The summed E-state index contributed by atoms with van der Waals surface area (Å²) in [5.74, 6) is -0.800. The number of nitrogens with zero attached hydrogens (tertiary/aromatic N) is 5. The molecule has 0 spiro atoms. The Labute approximate surface area is 507 Å². The number of aromatic nitrogens is 2. The van der Waals surface area contributed by atoms with E-state index in [4.69, 9.17) is 14.2 Å². The summed E-state index contributed by atoms with van der Waals surface area (Å²) in [6.07, 6.45) is 14.0. The first-order valence-electron chi connectivity index (χ1n) is 29.4. The van der Waals surface area contributed by atoms with Gasteiger partial charge in [0.05, 0.1) is 50.3 Å². The van der Waals surface area contributed by atoms with Crippen molar-refractivity contribution in [3.05, 3.63) is 117 Å². The first-order chi connectivity index (χ1) is 41.2. The molecule has 23 heteroatoms. The van der Waals surface area contributed by atoms with Crippen molar-refractivity contribution in [2.45, 2.75) is 122 Å². The van der Waals surface area contributed by atoms with Gasteiger partial charge in [0, 0.05) is 90.9 Å². The molecular formula is C64H76N8O13S2. The summed E-state index contributed by atoms with van der Waals surface area (Å²) in [6.45, 7) is 6.43. The quantitative estimate of drug-likeness (QED) is 0.0841. The highest BCUT2D eigenvalue weighted by molar-refractivity contribution is 7.88. The van der Waals surface area contributed by atoms with Crippen molar-refractivity contribution in [2.24, 2.45) is 0 Å². The molecule has 0 bridgehead atoms. The van der Waals surface area contributed by atoms with Crippen LogP contribution in [-0.2, 0) is 47.8 Å². The highest BCUT2D eigenvalue weighted by Gasteiger charge is 2.38. The lowest BCUT2D eigenvalue weighted by molar-refractivity contribution is -0.133. The number of alkyl carbamates (subject to hydrolysis) is 1. The number of fused-ring (bicyclic) bond motifs is 10. The predicted octanol–water partition coefficient (Wildman–Crippen LogP) is 9.42. The molecule has 4 amide bonds. The number of hydrogen-bond donors (Lipinski definition) is 4. The maximum Gasteiger partial charge on any atom is 0.407 e. The van der Waals surface area contributed by atoms with E-state index in [1.54, 1.807) is 70.2 Å². The zero-order valence-corrected chi connectivity index (χ0v) is 52.2. The van der Waals surface area contributed by atoms with Gasteiger partial charge in [-0.3, -0.25) is 14.4 Å². The van der Waals surface area contributed by atoms with E-state index in [2.05, 4.69) is 19.3 Å². The molecule has 87 heavy (non-hydrogen) atoms. The van der Waals surface area contributed by atoms with Gasteiger partial charge in [-0.05, 0) is 153 Å². The molecule has 2 aromatic heterocycles. The summed E-state index contributed by atoms with van der Waals surface area (Å²) < 4.78 is 76.2. The summed E-state index contributed by atoms with van der Waals surface area (Å²) in [5, 5.41) is 14.8. The average molecular weight is 1230 g/mol. The Kier molecular flexibility index (Phi) is 17.6. The molecule has 21 nitrogen and oxygen atoms in total. The number of hydrogen-bond acceptors (Lipinski definition) is 12. The minimum atomic E-state index is -4.01. The number of carboxylic acids is 1. The van der Waals surface area contributed by atoms with Crippen molar-refractivity contribution in [3.63, 3.8) is 0 Å². The lowest BCUT2D eigenvalue weighted by Crippen LogP contribution is -2.61. The fourth-order valence-electron chi connectivity index (χ4n) is 12.6. The van der Waals surface area contributed by atoms with Gasteiger partial charge < -0.3 is 38.7 Å². The largest absolute Gasteiger partial charge is 0.497 e. The van der Waals surface area contributed by atoms with Crippen LogP contribution < -0.4 is 24.2 Å². The Morgan fingerprint density at radius 1 is 0.586 bits per heavy atom. The van der Waals surface area contributed by atoms with Gasteiger partial charge >= 0.3 is 32.5 Å². The molecule has 3 aliphatic heterocycles. The number of amides is 4. The van der Waals surface area contributed by atoms with Gasteiger partial charge in [-0.15, -0.1) is 0 Å². The van der Waals surface area contributed by atoms with Crippen LogP contribution in [-0.4, -0.2) is 142 Å². The van der Waals surface area contributed by atoms with E-state index >= 15 is 0 Å². The summed E-state index contributed by atoms with van der Waals surface area (Å²) in [7, 11) is 0.602. The van der Waals surface area contributed by atoms with Crippen molar-refractivity contribution in [1.82, 2.24) is 37.4 Å². The Morgan fingerprint density at radius 3 is 1.41 bits per heavy atom. The molecule has 6 aromatic rings. The molecule has 2 aliphatic carbocycles. The number of carbonyl (C=O) groups excluding carboxylic acids is 4. The van der Waals surface area contributed by atoms with Crippen LogP contribution in [0.25, 0.3) is 56.5 Å². The number of carboxylic acid groups (broad SMARTS) is 1. The zero-order chi connectivity index (χ0) is 62.4. The maximum atomic E-state index is 14.1. The van der Waals surface area contributed by atoms with E-state index in [-0.39, 0.29) is 53.6 Å².